The van der Waals surface area contributed by atoms with E-state index < -0.39 is 6.61 Å². The fraction of sp³-hybridized carbons (Fsp3) is 0.200. The average Bonchev–Trinajstić information content (AvgIpc) is 2.56. The Morgan fingerprint density at radius 1 is 1.17 bits per heavy atom. The molecule has 0 radical (unpaired) electrons. The van der Waals surface area contributed by atoms with Gasteiger partial charge in [0.05, 0.1) is 20.4 Å². The average molecular weight is 323 g/mol. The summed E-state index contributed by atoms with van der Waals surface area (Å²) in [6.45, 7) is -2.98. The van der Waals surface area contributed by atoms with Gasteiger partial charge in [0.1, 0.15) is 5.82 Å². The number of hydrogen-bond acceptors (Lipinski definition) is 6. The van der Waals surface area contributed by atoms with Crippen LogP contribution < -0.4 is 19.6 Å². The summed E-state index contributed by atoms with van der Waals surface area (Å²) in [6.07, 6.45) is 3.10. The van der Waals surface area contributed by atoms with Gasteiger partial charge in [-0.25, -0.2) is 4.98 Å². The summed E-state index contributed by atoms with van der Waals surface area (Å²) in [5.41, 5.74) is 3.31. The van der Waals surface area contributed by atoms with Crippen molar-refractivity contribution in [2.75, 3.05) is 19.6 Å². The zero-order valence-electron chi connectivity index (χ0n) is 12.5. The molecule has 6 nitrogen and oxygen atoms in total. The molecule has 1 aromatic heterocycles. The van der Waals surface area contributed by atoms with Crippen molar-refractivity contribution in [3.8, 4) is 17.2 Å². The fourth-order valence-electron chi connectivity index (χ4n) is 1.78. The first-order valence-corrected chi connectivity index (χ1v) is 6.55. The van der Waals surface area contributed by atoms with Crippen LogP contribution >= 0.6 is 0 Å². The number of aromatic nitrogens is 1. The maximum atomic E-state index is 12.5. The molecule has 0 aliphatic carbocycles. The Morgan fingerprint density at radius 2 is 1.87 bits per heavy atom. The van der Waals surface area contributed by atoms with Gasteiger partial charge in [-0.15, -0.1) is 0 Å². The number of benzene rings is 1. The Balaban J connectivity index is 2.22. The van der Waals surface area contributed by atoms with Crippen molar-refractivity contribution in [3.05, 3.63) is 42.1 Å². The summed E-state index contributed by atoms with van der Waals surface area (Å²) in [4.78, 5) is 4.05. The molecule has 0 spiro atoms. The quantitative estimate of drug-likeness (QED) is 0.626. The van der Waals surface area contributed by atoms with Gasteiger partial charge in [-0.05, 0) is 24.3 Å². The van der Waals surface area contributed by atoms with Crippen LogP contribution in [0.2, 0.25) is 0 Å². The van der Waals surface area contributed by atoms with Crippen LogP contribution in [-0.4, -0.2) is 32.0 Å². The predicted octanol–water partition coefficient (Wildman–Crippen LogP) is 3.15. The van der Waals surface area contributed by atoms with Crippen molar-refractivity contribution in [2.45, 2.75) is 6.61 Å². The Labute approximate surface area is 131 Å². The second-order valence-corrected chi connectivity index (χ2v) is 4.22. The Kier molecular flexibility index (Phi) is 5.67. The number of rotatable bonds is 7. The van der Waals surface area contributed by atoms with Crippen LogP contribution in [-0.2, 0) is 0 Å². The van der Waals surface area contributed by atoms with Crippen molar-refractivity contribution < 1.29 is 23.0 Å². The summed E-state index contributed by atoms with van der Waals surface area (Å²) < 4.78 is 39.5. The van der Waals surface area contributed by atoms with E-state index in [0.29, 0.717) is 11.4 Å². The number of anilines is 1. The van der Waals surface area contributed by atoms with E-state index in [9.17, 15) is 8.78 Å². The summed E-state index contributed by atoms with van der Waals surface area (Å²) in [5, 5.41) is 4.02. The van der Waals surface area contributed by atoms with E-state index in [4.69, 9.17) is 9.47 Å². The Morgan fingerprint density at radius 3 is 2.39 bits per heavy atom. The molecular weight excluding hydrogens is 308 g/mol. The van der Waals surface area contributed by atoms with Crippen LogP contribution in [0.4, 0.5) is 14.6 Å². The van der Waals surface area contributed by atoms with E-state index in [1.807, 2.05) is 6.07 Å². The van der Waals surface area contributed by atoms with Crippen molar-refractivity contribution >= 4 is 12.0 Å². The molecule has 1 aromatic carbocycles. The second kappa shape index (κ2) is 7.92. The molecule has 0 fully saturated rings. The highest BCUT2D eigenvalue weighted by Gasteiger charge is 2.17. The van der Waals surface area contributed by atoms with Crippen LogP contribution in [0.25, 0.3) is 0 Å². The van der Waals surface area contributed by atoms with E-state index in [1.54, 1.807) is 18.3 Å². The predicted molar refractivity (Wildman–Crippen MR) is 81.6 cm³/mol. The second-order valence-electron chi connectivity index (χ2n) is 4.22. The Bertz CT molecular complexity index is 641. The van der Waals surface area contributed by atoms with E-state index in [0.717, 1.165) is 0 Å². The zero-order valence-corrected chi connectivity index (χ0v) is 12.5. The van der Waals surface area contributed by atoms with Gasteiger partial charge >= 0.3 is 6.61 Å². The first-order valence-electron chi connectivity index (χ1n) is 6.55. The molecule has 8 heteroatoms. The fourth-order valence-corrected chi connectivity index (χ4v) is 1.78. The molecule has 1 N–H and O–H groups in total. The minimum absolute atomic E-state index is 0.115. The molecule has 2 aromatic rings. The minimum atomic E-state index is -2.98. The molecule has 122 valence electrons. The molecule has 1 heterocycles. The molecule has 0 bridgehead atoms. The van der Waals surface area contributed by atoms with Crippen molar-refractivity contribution in [3.63, 3.8) is 0 Å². The number of ether oxygens (including phenoxy) is 3. The van der Waals surface area contributed by atoms with Crippen LogP contribution in [0.3, 0.4) is 0 Å². The molecule has 0 unspecified atom stereocenters. The van der Waals surface area contributed by atoms with Gasteiger partial charge in [-0.2, -0.15) is 13.9 Å². The third-order valence-electron chi connectivity index (χ3n) is 2.75. The van der Waals surface area contributed by atoms with E-state index in [2.05, 4.69) is 20.2 Å². The molecule has 0 saturated heterocycles. The molecule has 0 amide bonds. The Hall–Kier alpha value is -2.90. The van der Waals surface area contributed by atoms with Crippen molar-refractivity contribution in [1.29, 1.82) is 0 Å². The largest absolute Gasteiger partial charge is 0.493 e. The summed E-state index contributed by atoms with van der Waals surface area (Å²) in [5.74, 6) is 0.632. The maximum Gasteiger partial charge on any atom is 0.387 e. The SMILES string of the molecule is COc1cc(/C=N\Nc2ccccn2)cc(OC)c1OC(F)F. The number of pyridine rings is 1. The lowest BCUT2D eigenvalue weighted by Crippen LogP contribution is -2.06. The summed E-state index contributed by atoms with van der Waals surface area (Å²) in [7, 11) is 2.69. The van der Waals surface area contributed by atoms with Gasteiger partial charge in [0, 0.05) is 11.8 Å². The van der Waals surface area contributed by atoms with Crippen LogP contribution in [0.5, 0.6) is 17.2 Å². The molecule has 23 heavy (non-hydrogen) atoms. The number of halogens is 2. The highest BCUT2D eigenvalue weighted by molar-refractivity contribution is 5.83. The smallest absolute Gasteiger partial charge is 0.387 e. The van der Waals surface area contributed by atoms with E-state index in [1.165, 1.54) is 32.6 Å². The van der Waals surface area contributed by atoms with Gasteiger partial charge in [0.2, 0.25) is 5.75 Å². The minimum Gasteiger partial charge on any atom is -0.493 e. The van der Waals surface area contributed by atoms with Crippen molar-refractivity contribution in [1.82, 2.24) is 4.98 Å². The van der Waals surface area contributed by atoms with Gasteiger partial charge in [-0.1, -0.05) is 6.07 Å². The normalized spacial score (nSPS) is 10.8. The molecule has 0 atom stereocenters. The third-order valence-corrected chi connectivity index (χ3v) is 2.75. The molecule has 2 rings (SSSR count). The molecule has 0 saturated carbocycles. The lowest BCUT2D eigenvalue weighted by molar-refractivity contribution is -0.0526. The van der Waals surface area contributed by atoms with Crippen LogP contribution in [0.15, 0.2) is 41.6 Å². The summed E-state index contributed by atoms with van der Waals surface area (Å²) >= 11 is 0. The first-order chi connectivity index (χ1) is 11.1. The third kappa shape index (κ3) is 4.53. The van der Waals surface area contributed by atoms with E-state index in [-0.39, 0.29) is 17.2 Å². The van der Waals surface area contributed by atoms with Crippen molar-refractivity contribution in [2.24, 2.45) is 5.10 Å². The number of methoxy groups -OCH3 is 2. The number of hydrogen-bond donors (Lipinski definition) is 1. The lowest BCUT2D eigenvalue weighted by atomic mass is 10.2. The van der Waals surface area contributed by atoms with Crippen LogP contribution in [0.1, 0.15) is 5.56 Å². The standard InChI is InChI=1S/C15H15F2N3O3/c1-21-11-7-10(8-12(22-2)14(11)23-15(16)17)9-19-20-13-5-3-4-6-18-13/h3-9,15H,1-2H3,(H,18,20)/b19-9-. The van der Waals surface area contributed by atoms with Crippen LogP contribution in [0, 0.1) is 0 Å². The lowest BCUT2D eigenvalue weighted by Gasteiger charge is -2.14. The zero-order chi connectivity index (χ0) is 16.7. The van der Waals surface area contributed by atoms with Gasteiger partial charge in [0.15, 0.2) is 11.5 Å². The number of alkyl halides is 2. The molecular formula is C15H15F2N3O3. The van der Waals surface area contributed by atoms with Gasteiger partial charge < -0.3 is 14.2 Å². The monoisotopic (exact) mass is 323 g/mol. The summed E-state index contributed by atoms with van der Waals surface area (Å²) in [6, 6.07) is 8.35. The molecule has 0 aliphatic rings. The van der Waals surface area contributed by atoms with E-state index >= 15 is 0 Å². The maximum absolute atomic E-state index is 12.5. The molecule has 0 aliphatic heterocycles. The van der Waals surface area contributed by atoms with Gasteiger partial charge in [-0.3, -0.25) is 5.43 Å². The highest BCUT2D eigenvalue weighted by atomic mass is 19.3. The van der Waals surface area contributed by atoms with Gasteiger partial charge in [0.25, 0.3) is 0 Å². The number of nitrogens with one attached hydrogen (secondary N) is 1. The topological polar surface area (TPSA) is 65.0 Å². The highest BCUT2D eigenvalue weighted by Crippen LogP contribution is 2.39. The first kappa shape index (κ1) is 16.5. The number of nitrogens with zero attached hydrogens (tertiary/aromatic N) is 2. The number of hydrazone groups is 1.